The van der Waals surface area contributed by atoms with E-state index in [2.05, 4.69) is 15.6 Å². The maximum absolute atomic E-state index is 12.4. The predicted octanol–water partition coefficient (Wildman–Crippen LogP) is 2.33. The molecule has 0 aliphatic carbocycles. The highest BCUT2D eigenvalue weighted by atomic mass is 32.2. The number of sulfone groups is 1. The molecule has 2 N–H and O–H groups in total. The lowest BCUT2D eigenvalue weighted by Gasteiger charge is -2.12. The molecule has 0 bridgehead atoms. The van der Waals surface area contributed by atoms with Crippen LogP contribution in [0.5, 0.6) is 5.75 Å². The Morgan fingerprint density at radius 3 is 2.69 bits per heavy atom. The number of benzene rings is 1. The minimum absolute atomic E-state index is 0.0945. The van der Waals surface area contributed by atoms with Crippen LogP contribution in [0.25, 0.3) is 0 Å². The van der Waals surface area contributed by atoms with E-state index in [1.807, 2.05) is 6.92 Å². The fraction of sp³-hybridized carbons (Fsp3) is 0.333. The number of nitrogens with one attached hydrogen (secondary N) is 2. The van der Waals surface area contributed by atoms with Gasteiger partial charge in [0.05, 0.1) is 18.1 Å². The molecule has 1 atom stereocenters. The first-order valence-corrected chi connectivity index (χ1v) is 10.2. The second kappa shape index (κ2) is 7.74. The van der Waals surface area contributed by atoms with Gasteiger partial charge in [-0.2, -0.15) is 0 Å². The van der Waals surface area contributed by atoms with E-state index < -0.39 is 9.84 Å². The minimum atomic E-state index is -2.97. The van der Waals surface area contributed by atoms with Crippen molar-refractivity contribution in [2.45, 2.75) is 19.4 Å². The highest BCUT2D eigenvalue weighted by Crippen LogP contribution is 2.19. The third-order valence-corrected chi connectivity index (χ3v) is 5.80. The summed E-state index contributed by atoms with van der Waals surface area (Å²) < 4.78 is 28.5. The predicted molar refractivity (Wildman–Crippen MR) is 100 cm³/mol. The minimum Gasteiger partial charge on any atom is -0.494 e. The van der Waals surface area contributed by atoms with E-state index in [0.29, 0.717) is 30.1 Å². The quantitative estimate of drug-likeness (QED) is 0.804. The van der Waals surface area contributed by atoms with E-state index in [1.165, 1.54) is 6.20 Å². The number of aromatic nitrogens is 1. The van der Waals surface area contributed by atoms with Crippen molar-refractivity contribution in [2.24, 2.45) is 0 Å². The van der Waals surface area contributed by atoms with Crippen LogP contribution in [-0.4, -0.2) is 43.5 Å². The van der Waals surface area contributed by atoms with Gasteiger partial charge >= 0.3 is 0 Å². The van der Waals surface area contributed by atoms with Gasteiger partial charge in [0.25, 0.3) is 5.91 Å². The summed E-state index contributed by atoms with van der Waals surface area (Å²) in [5, 5.41) is 5.91. The van der Waals surface area contributed by atoms with Gasteiger partial charge in [-0.3, -0.25) is 4.79 Å². The number of nitrogens with zero attached hydrogens (tertiary/aromatic N) is 1. The molecular formula is C18H21N3O4S. The lowest BCUT2D eigenvalue weighted by atomic mass is 10.2. The highest BCUT2D eigenvalue weighted by Gasteiger charge is 2.28. The summed E-state index contributed by atoms with van der Waals surface area (Å²) in [4.78, 5) is 16.6. The van der Waals surface area contributed by atoms with Gasteiger partial charge in [0.1, 0.15) is 11.6 Å². The summed E-state index contributed by atoms with van der Waals surface area (Å²) in [6.07, 6.45) is 2.07. The average Bonchev–Trinajstić information content (AvgIpc) is 2.95. The van der Waals surface area contributed by atoms with E-state index >= 15 is 0 Å². The van der Waals surface area contributed by atoms with Crippen molar-refractivity contribution in [3.8, 4) is 5.75 Å². The van der Waals surface area contributed by atoms with E-state index in [9.17, 15) is 13.2 Å². The van der Waals surface area contributed by atoms with Crippen LogP contribution in [0.2, 0.25) is 0 Å². The molecule has 7 nitrogen and oxygen atoms in total. The van der Waals surface area contributed by atoms with Gasteiger partial charge in [0.2, 0.25) is 0 Å². The molecule has 0 radical (unpaired) electrons. The van der Waals surface area contributed by atoms with Gasteiger partial charge < -0.3 is 15.4 Å². The molecule has 2 heterocycles. The van der Waals surface area contributed by atoms with Crippen LogP contribution in [0, 0.1) is 0 Å². The molecule has 1 aromatic heterocycles. The number of amides is 1. The Bertz CT molecular complexity index is 882. The summed E-state index contributed by atoms with van der Waals surface area (Å²) in [5.74, 6) is 1.25. The van der Waals surface area contributed by atoms with Crippen molar-refractivity contribution in [3.05, 3.63) is 48.2 Å². The Kier molecular flexibility index (Phi) is 5.41. The number of carbonyl (C=O) groups excluding carboxylic acids is 1. The summed E-state index contributed by atoms with van der Waals surface area (Å²) >= 11 is 0. The van der Waals surface area contributed by atoms with Crippen molar-refractivity contribution in [1.82, 2.24) is 4.98 Å². The largest absolute Gasteiger partial charge is 0.494 e. The number of anilines is 2. The molecule has 3 rings (SSSR count). The molecule has 1 unspecified atom stereocenters. The molecule has 1 fully saturated rings. The second-order valence-electron chi connectivity index (χ2n) is 6.09. The maximum Gasteiger partial charge on any atom is 0.255 e. The maximum atomic E-state index is 12.4. The standard InChI is InChI=1S/C18H21N3O4S/c1-2-25-16-5-3-14(4-6-16)21-18(22)13-7-9-19-17(11-13)20-15-8-10-26(23,24)12-15/h3-7,9,11,15H,2,8,10,12H2,1H3,(H,19,20)(H,21,22). The molecule has 8 heteroatoms. The zero-order valence-electron chi connectivity index (χ0n) is 14.4. The average molecular weight is 375 g/mol. The molecule has 2 aromatic rings. The first-order chi connectivity index (χ1) is 12.4. The lowest BCUT2D eigenvalue weighted by molar-refractivity contribution is 0.102. The fourth-order valence-corrected chi connectivity index (χ4v) is 4.45. The van der Waals surface area contributed by atoms with Crippen molar-refractivity contribution in [2.75, 3.05) is 28.7 Å². The van der Waals surface area contributed by atoms with Crippen LogP contribution in [0.4, 0.5) is 11.5 Å². The van der Waals surface area contributed by atoms with Crippen molar-refractivity contribution < 1.29 is 17.9 Å². The molecule has 0 spiro atoms. The van der Waals surface area contributed by atoms with Gasteiger partial charge in [0.15, 0.2) is 9.84 Å². The Hall–Kier alpha value is -2.61. The molecule has 1 amide bonds. The third kappa shape index (κ3) is 4.72. The first-order valence-electron chi connectivity index (χ1n) is 8.42. The summed E-state index contributed by atoms with van der Waals surface area (Å²) in [6, 6.07) is 10.2. The van der Waals surface area contributed by atoms with Gasteiger partial charge in [-0.25, -0.2) is 13.4 Å². The van der Waals surface area contributed by atoms with Crippen molar-refractivity contribution in [1.29, 1.82) is 0 Å². The molecule has 138 valence electrons. The Morgan fingerprint density at radius 1 is 1.27 bits per heavy atom. The SMILES string of the molecule is CCOc1ccc(NC(=O)c2ccnc(NC3CCS(=O)(=O)C3)c2)cc1. The third-order valence-electron chi connectivity index (χ3n) is 4.03. The number of hydrogen-bond donors (Lipinski definition) is 2. The Morgan fingerprint density at radius 2 is 2.04 bits per heavy atom. The first kappa shape index (κ1) is 18.2. The van der Waals surface area contributed by atoms with Gasteiger partial charge in [-0.1, -0.05) is 0 Å². The van der Waals surface area contributed by atoms with Crippen molar-refractivity contribution in [3.63, 3.8) is 0 Å². The molecule has 1 aromatic carbocycles. The fourth-order valence-electron chi connectivity index (χ4n) is 2.77. The molecule has 1 saturated heterocycles. The number of pyridine rings is 1. The van der Waals surface area contributed by atoms with E-state index in [-0.39, 0.29) is 23.5 Å². The normalized spacial score (nSPS) is 18.3. The number of carbonyl (C=O) groups is 1. The smallest absolute Gasteiger partial charge is 0.255 e. The number of hydrogen-bond acceptors (Lipinski definition) is 6. The van der Waals surface area contributed by atoms with E-state index in [1.54, 1.807) is 36.4 Å². The number of ether oxygens (including phenoxy) is 1. The molecule has 1 aliphatic rings. The van der Waals surface area contributed by atoms with Crippen LogP contribution in [-0.2, 0) is 9.84 Å². The molecular weight excluding hydrogens is 354 g/mol. The van der Waals surface area contributed by atoms with E-state index in [4.69, 9.17) is 4.74 Å². The van der Waals surface area contributed by atoms with Crippen LogP contribution in [0.15, 0.2) is 42.6 Å². The number of rotatable bonds is 6. The van der Waals surface area contributed by atoms with E-state index in [0.717, 1.165) is 5.75 Å². The summed E-state index contributed by atoms with van der Waals surface area (Å²) in [6.45, 7) is 2.49. The van der Waals surface area contributed by atoms with Crippen LogP contribution in [0.3, 0.4) is 0 Å². The van der Waals surface area contributed by atoms with Gasteiger partial charge in [0, 0.05) is 23.5 Å². The van der Waals surface area contributed by atoms with Crippen molar-refractivity contribution >= 4 is 27.2 Å². The lowest BCUT2D eigenvalue weighted by Crippen LogP contribution is -2.21. The van der Waals surface area contributed by atoms with Crippen LogP contribution >= 0.6 is 0 Å². The monoisotopic (exact) mass is 375 g/mol. The topological polar surface area (TPSA) is 97.4 Å². The summed E-state index contributed by atoms with van der Waals surface area (Å²) in [7, 11) is -2.97. The van der Waals surface area contributed by atoms with Crippen LogP contribution in [0.1, 0.15) is 23.7 Å². The summed E-state index contributed by atoms with van der Waals surface area (Å²) in [5.41, 5.74) is 1.10. The zero-order chi connectivity index (χ0) is 18.6. The zero-order valence-corrected chi connectivity index (χ0v) is 15.3. The van der Waals surface area contributed by atoms with Gasteiger partial charge in [-0.15, -0.1) is 0 Å². The molecule has 0 saturated carbocycles. The van der Waals surface area contributed by atoms with Gasteiger partial charge in [-0.05, 0) is 49.7 Å². The Balaban J connectivity index is 1.64. The second-order valence-corrected chi connectivity index (χ2v) is 8.31. The molecule has 1 aliphatic heterocycles. The molecule has 26 heavy (non-hydrogen) atoms. The Labute approximate surface area is 152 Å². The van der Waals surface area contributed by atoms with Crippen LogP contribution < -0.4 is 15.4 Å². The highest BCUT2D eigenvalue weighted by molar-refractivity contribution is 7.91.